The fourth-order valence-electron chi connectivity index (χ4n) is 2.01. The molecule has 1 aromatic rings. The van der Waals surface area contributed by atoms with Gasteiger partial charge in [-0.05, 0) is 34.8 Å². The molecule has 1 aliphatic rings. The topological polar surface area (TPSA) is 16.1 Å². The van der Waals surface area contributed by atoms with Crippen LogP contribution in [0.5, 0.6) is 0 Å². The number of aromatic nitrogens is 1. The van der Waals surface area contributed by atoms with Gasteiger partial charge in [0.25, 0.3) is 0 Å². The van der Waals surface area contributed by atoms with Crippen LogP contribution in [0.2, 0.25) is 0 Å². The minimum absolute atomic E-state index is 0.0314. The lowest BCUT2D eigenvalue weighted by molar-refractivity contribution is -0.137. The van der Waals surface area contributed by atoms with Gasteiger partial charge in [0.2, 0.25) is 0 Å². The van der Waals surface area contributed by atoms with Crippen LogP contribution in [0.4, 0.5) is 19.0 Å². The average molecular weight is 344 g/mol. The van der Waals surface area contributed by atoms with Crippen LogP contribution in [-0.4, -0.2) is 23.5 Å². The molecule has 1 atom stereocenters. The zero-order valence-electron chi connectivity index (χ0n) is 9.34. The van der Waals surface area contributed by atoms with E-state index in [2.05, 4.69) is 20.9 Å². The fraction of sp³-hybridized carbons (Fsp3) is 0.545. The number of halogens is 5. The first-order chi connectivity index (χ1) is 8.38. The van der Waals surface area contributed by atoms with Crippen molar-refractivity contribution < 1.29 is 13.2 Å². The maximum absolute atomic E-state index is 13.0. The van der Waals surface area contributed by atoms with Gasteiger partial charge in [0.05, 0.1) is 10.9 Å². The molecule has 0 saturated carbocycles. The predicted molar refractivity (Wildman–Crippen MR) is 68.0 cm³/mol. The number of hydrogen-bond donors (Lipinski definition) is 0. The van der Waals surface area contributed by atoms with E-state index >= 15 is 0 Å². The molecule has 100 valence electrons. The molecule has 1 saturated heterocycles. The molecular weight excluding hydrogens is 332 g/mol. The van der Waals surface area contributed by atoms with E-state index in [0.717, 1.165) is 18.9 Å². The summed E-state index contributed by atoms with van der Waals surface area (Å²) in [6, 6.07) is 1.06. The molecule has 1 aromatic heterocycles. The second kappa shape index (κ2) is 5.25. The third-order valence-electron chi connectivity index (χ3n) is 2.80. The summed E-state index contributed by atoms with van der Waals surface area (Å²) in [6.45, 7) is 0.959. The van der Waals surface area contributed by atoms with E-state index in [1.807, 2.05) is 0 Å². The number of anilines is 1. The van der Waals surface area contributed by atoms with E-state index in [1.54, 1.807) is 4.90 Å². The van der Waals surface area contributed by atoms with Gasteiger partial charge in [-0.1, -0.05) is 0 Å². The van der Waals surface area contributed by atoms with Crippen LogP contribution in [0.3, 0.4) is 0 Å². The summed E-state index contributed by atoms with van der Waals surface area (Å²) in [4.78, 5) is 5.51. The van der Waals surface area contributed by atoms with E-state index in [0.29, 0.717) is 17.6 Å². The maximum Gasteiger partial charge on any atom is 0.419 e. The number of pyridine rings is 1. The van der Waals surface area contributed by atoms with Gasteiger partial charge in [-0.2, -0.15) is 13.2 Å². The molecule has 1 fully saturated rings. The van der Waals surface area contributed by atoms with Crippen LogP contribution in [0.1, 0.15) is 18.4 Å². The summed E-state index contributed by atoms with van der Waals surface area (Å²) < 4.78 is 39.2. The highest BCUT2D eigenvalue weighted by Crippen LogP contribution is 2.37. The number of nitrogens with zero attached hydrogens (tertiary/aromatic N) is 2. The zero-order valence-corrected chi connectivity index (χ0v) is 11.7. The standard InChI is InChI=1S/C11H11BrClF3N2/c12-7-4-9(11(14,15)16)10(17-5-7)18-3-1-2-8(13)6-18/h4-5,8H,1-3,6H2. The highest BCUT2D eigenvalue weighted by atomic mass is 79.9. The first kappa shape index (κ1) is 13.9. The first-order valence-corrected chi connectivity index (χ1v) is 6.72. The van der Waals surface area contributed by atoms with E-state index in [9.17, 15) is 13.2 Å². The van der Waals surface area contributed by atoms with E-state index < -0.39 is 11.7 Å². The summed E-state index contributed by atoms with van der Waals surface area (Å²) in [5.74, 6) is -0.0314. The van der Waals surface area contributed by atoms with Gasteiger partial charge in [0, 0.05) is 23.8 Å². The number of piperidine rings is 1. The highest BCUT2D eigenvalue weighted by molar-refractivity contribution is 9.10. The molecule has 0 bridgehead atoms. The minimum atomic E-state index is -4.41. The number of alkyl halides is 4. The van der Waals surface area contributed by atoms with Crippen LogP contribution < -0.4 is 4.90 Å². The molecule has 0 N–H and O–H groups in total. The molecule has 7 heteroatoms. The van der Waals surface area contributed by atoms with Crippen molar-refractivity contribution in [3.05, 3.63) is 22.3 Å². The second-order valence-electron chi connectivity index (χ2n) is 4.21. The Bertz CT molecular complexity index is 439. The van der Waals surface area contributed by atoms with Gasteiger partial charge in [0.15, 0.2) is 0 Å². The predicted octanol–water partition coefficient (Wildman–Crippen LogP) is 4.07. The monoisotopic (exact) mass is 342 g/mol. The molecule has 0 spiro atoms. The average Bonchev–Trinajstić information content (AvgIpc) is 2.27. The van der Waals surface area contributed by atoms with E-state index in [4.69, 9.17) is 11.6 Å². The summed E-state index contributed by atoms with van der Waals surface area (Å²) in [7, 11) is 0. The lowest BCUT2D eigenvalue weighted by Gasteiger charge is -2.32. The minimum Gasteiger partial charge on any atom is -0.355 e. The van der Waals surface area contributed by atoms with Gasteiger partial charge < -0.3 is 4.90 Å². The Morgan fingerprint density at radius 1 is 1.44 bits per heavy atom. The lowest BCUT2D eigenvalue weighted by atomic mass is 10.1. The number of rotatable bonds is 1. The van der Waals surface area contributed by atoms with Crippen molar-refractivity contribution in [3.63, 3.8) is 0 Å². The Morgan fingerprint density at radius 3 is 2.78 bits per heavy atom. The molecule has 2 heterocycles. The third-order valence-corrected chi connectivity index (χ3v) is 3.59. The highest BCUT2D eigenvalue weighted by Gasteiger charge is 2.37. The Labute approximate surface area is 116 Å². The summed E-state index contributed by atoms with van der Waals surface area (Å²) in [5, 5.41) is -0.120. The van der Waals surface area contributed by atoms with Crippen LogP contribution in [0.25, 0.3) is 0 Å². The van der Waals surface area contributed by atoms with Gasteiger partial charge in [-0.3, -0.25) is 0 Å². The van der Waals surface area contributed by atoms with Crippen LogP contribution >= 0.6 is 27.5 Å². The SMILES string of the molecule is FC(F)(F)c1cc(Br)cnc1N1CCCC(Cl)C1. The van der Waals surface area contributed by atoms with Crippen LogP contribution in [0, 0.1) is 0 Å². The third kappa shape index (κ3) is 3.09. The Balaban J connectivity index is 2.37. The summed E-state index contributed by atoms with van der Waals surface area (Å²) >= 11 is 9.02. The molecule has 18 heavy (non-hydrogen) atoms. The molecule has 1 aliphatic heterocycles. The van der Waals surface area contributed by atoms with Gasteiger partial charge in [-0.15, -0.1) is 11.6 Å². The molecule has 0 aliphatic carbocycles. The molecule has 2 rings (SSSR count). The maximum atomic E-state index is 13.0. The summed E-state index contributed by atoms with van der Waals surface area (Å²) in [6.07, 6.45) is -1.42. The Kier molecular flexibility index (Phi) is 4.06. The van der Waals surface area contributed by atoms with Crippen molar-refractivity contribution in [2.75, 3.05) is 18.0 Å². The van der Waals surface area contributed by atoms with E-state index in [-0.39, 0.29) is 11.2 Å². The normalized spacial score (nSPS) is 21.2. The van der Waals surface area contributed by atoms with Gasteiger partial charge in [-0.25, -0.2) is 4.98 Å². The van der Waals surface area contributed by atoms with E-state index in [1.165, 1.54) is 6.20 Å². The second-order valence-corrected chi connectivity index (χ2v) is 5.74. The molecule has 0 radical (unpaired) electrons. The fourth-order valence-corrected chi connectivity index (χ4v) is 2.66. The zero-order chi connectivity index (χ0) is 13.3. The van der Waals surface area contributed by atoms with Crippen molar-refractivity contribution in [2.45, 2.75) is 24.4 Å². The molecule has 2 nitrogen and oxygen atoms in total. The van der Waals surface area contributed by atoms with Gasteiger partial charge in [0.1, 0.15) is 5.82 Å². The number of hydrogen-bond acceptors (Lipinski definition) is 2. The first-order valence-electron chi connectivity index (χ1n) is 5.49. The van der Waals surface area contributed by atoms with Crippen molar-refractivity contribution in [2.24, 2.45) is 0 Å². The van der Waals surface area contributed by atoms with Crippen LogP contribution in [0.15, 0.2) is 16.7 Å². The van der Waals surface area contributed by atoms with Crippen LogP contribution in [-0.2, 0) is 6.18 Å². The largest absolute Gasteiger partial charge is 0.419 e. The molecular formula is C11H11BrClF3N2. The van der Waals surface area contributed by atoms with Crippen molar-refractivity contribution in [1.82, 2.24) is 4.98 Å². The van der Waals surface area contributed by atoms with Crippen molar-refractivity contribution in [3.8, 4) is 0 Å². The lowest BCUT2D eigenvalue weighted by Crippen LogP contribution is -2.37. The molecule has 0 aromatic carbocycles. The Hall–Kier alpha value is -0.490. The smallest absolute Gasteiger partial charge is 0.355 e. The van der Waals surface area contributed by atoms with Gasteiger partial charge >= 0.3 is 6.18 Å². The van der Waals surface area contributed by atoms with Crippen molar-refractivity contribution in [1.29, 1.82) is 0 Å². The molecule has 1 unspecified atom stereocenters. The van der Waals surface area contributed by atoms with Crippen molar-refractivity contribution >= 4 is 33.3 Å². The summed E-state index contributed by atoms with van der Waals surface area (Å²) in [5.41, 5.74) is -0.720. The Morgan fingerprint density at radius 2 is 2.17 bits per heavy atom. The molecule has 0 amide bonds. The quantitative estimate of drug-likeness (QED) is 0.715.